The smallest absolute Gasteiger partial charge is 0.204 e. The SMILES string of the molecule is CC1=C(Cl)C=C(Br)C(C)(S(=O)(=O)n2ncc3ccccc32)C1. The van der Waals surface area contributed by atoms with E-state index < -0.39 is 14.8 Å². The fourth-order valence-electron chi connectivity index (χ4n) is 2.61. The van der Waals surface area contributed by atoms with Crippen LogP contribution in [0.4, 0.5) is 0 Å². The molecule has 3 rings (SSSR count). The van der Waals surface area contributed by atoms with E-state index in [-0.39, 0.29) is 0 Å². The van der Waals surface area contributed by atoms with Crippen LogP contribution in [-0.2, 0) is 10.0 Å². The molecule has 7 heteroatoms. The van der Waals surface area contributed by atoms with Crippen molar-refractivity contribution in [2.45, 2.75) is 25.0 Å². The van der Waals surface area contributed by atoms with E-state index in [1.807, 2.05) is 19.1 Å². The van der Waals surface area contributed by atoms with Crippen LogP contribution in [0.3, 0.4) is 0 Å². The minimum absolute atomic E-state index is 0.319. The van der Waals surface area contributed by atoms with Gasteiger partial charge in [0.2, 0.25) is 0 Å². The lowest BCUT2D eigenvalue weighted by molar-refractivity contribution is 0.543. The van der Waals surface area contributed by atoms with Crippen LogP contribution >= 0.6 is 27.5 Å². The molecule has 1 aromatic heterocycles. The van der Waals surface area contributed by atoms with Crippen molar-refractivity contribution in [3.63, 3.8) is 0 Å². The Bertz CT molecular complexity index is 930. The molecule has 0 spiro atoms. The number of para-hydroxylation sites is 1. The van der Waals surface area contributed by atoms with Gasteiger partial charge in [-0.15, -0.1) is 0 Å². The molecule has 0 bridgehead atoms. The van der Waals surface area contributed by atoms with Crippen molar-refractivity contribution in [1.29, 1.82) is 0 Å². The highest BCUT2D eigenvalue weighted by Gasteiger charge is 2.46. The molecule has 1 unspecified atom stereocenters. The van der Waals surface area contributed by atoms with Crippen LogP contribution in [0.15, 0.2) is 51.6 Å². The third-order valence-corrected chi connectivity index (χ3v) is 8.06. The van der Waals surface area contributed by atoms with E-state index >= 15 is 0 Å². The Hall–Kier alpha value is -1.11. The van der Waals surface area contributed by atoms with Gasteiger partial charge in [0.1, 0.15) is 4.75 Å². The lowest BCUT2D eigenvalue weighted by atomic mass is 9.96. The van der Waals surface area contributed by atoms with Gasteiger partial charge in [-0.3, -0.25) is 0 Å². The van der Waals surface area contributed by atoms with Gasteiger partial charge in [-0.05, 0) is 32.4 Å². The minimum atomic E-state index is -3.75. The van der Waals surface area contributed by atoms with E-state index in [0.29, 0.717) is 21.5 Å². The van der Waals surface area contributed by atoms with Crippen molar-refractivity contribution in [2.75, 3.05) is 0 Å². The Balaban J connectivity index is 2.21. The van der Waals surface area contributed by atoms with Crippen LogP contribution < -0.4 is 0 Å². The van der Waals surface area contributed by atoms with Crippen molar-refractivity contribution in [3.8, 4) is 0 Å². The summed E-state index contributed by atoms with van der Waals surface area (Å²) >= 11 is 9.50. The third kappa shape index (κ3) is 2.16. The van der Waals surface area contributed by atoms with Crippen LogP contribution in [0.1, 0.15) is 20.3 Å². The highest BCUT2D eigenvalue weighted by molar-refractivity contribution is 9.12. The predicted molar refractivity (Wildman–Crippen MR) is 92.6 cm³/mol. The second kappa shape index (κ2) is 5.22. The standard InChI is InChI=1S/C15H14BrClN2O2S/c1-10-8-15(2,14(16)7-12(10)17)22(20,21)19-13-6-4-3-5-11(13)9-18-19/h3-7,9H,8H2,1-2H3. The number of fused-ring (bicyclic) bond motifs is 1. The molecule has 0 radical (unpaired) electrons. The number of allylic oxidation sites excluding steroid dienone is 3. The molecule has 116 valence electrons. The first-order valence-electron chi connectivity index (χ1n) is 6.68. The number of halogens is 2. The van der Waals surface area contributed by atoms with Crippen molar-refractivity contribution >= 4 is 48.5 Å². The molecule has 0 fully saturated rings. The van der Waals surface area contributed by atoms with Crippen molar-refractivity contribution in [1.82, 2.24) is 9.19 Å². The number of benzene rings is 1. The van der Waals surface area contributed by atoms with E-state index in [9.17, 15) is 8.42 Å². The van der Waals surface area contributed by atoms with Gasteiger partial charge in [0.05, 0.1) is 11.7 Å². The van der Waals surface area contributed by atoms with Crippen LogP contribution in [-0.4, -0.2) is 22.4 Å². The van der Waals surface area contributed by atoms with E-state index in [4.69, 9.17) is 11.6 Å². The highest BCUT2D eigenvalue weighted by Crippen LogP contribution is 2.43. The maximum atomic E-state index is 13.2. The molecule has 1 aliphatic rings. The van der Waals surface area contributed by atoms with Crippen LogP contribution in [0.5, 0.6) is 0 Å². The summed E-state index contributed by atoms with van der Waals surface area (Å²) < 4.78 is 26.9. The third-order valence-electron chi connectivity index (χ3n) is 4.01. The Kier molecular flexibility index (Phi) is 3.74. The van der Waals surface area contributed by atoms with Gasteiger partial charge in [-0.1, -0.05) is 51.3 Å². The van der Waals surface area contributed by atoms with Crippen LogP contribution in [0.2, 0.25) is 0 Å². The van der Waals surface area contributed by atoms with Crippen molar-refractivity contribution < 1.29 is 8.42 Å². The second-order valence-electron chi connectivity index (χ2n) is 5.58. The molecule has 1 aliphatic carbocycles. The predicted octanol–water partition coefficient (Wildman–Crippen LogP) is 4.17. The first-order valence-corrected chi connectivity index (χ1v) is 9.29. The number of hydrogen-bond donors (Lipinski definition) is 0. The van der Waals surface area contributed by atoms with E-state index in [2.05, 4.69) is 21.0 Å². The fourth-order valence-corrected chi connectivity index (χ4v) is 5.58. The summed E-state index contributed by atoms with van der Waals surface area (Å²) in [5.41, 5.74) is 1.41. The quantitative estimate of drug-likeness (QED) is 0.759. The summed E-state index contributed by atoms with van der Waals surface area (Å²) in [6, 6.07) is 7.24. The molecule has 0 saturated heterocycles. The zero-order chi connectivity index (χ0) is 16.1. The summed E-state index contributed by atoms with van der Waals surface area (Å²) in [7, 11) is -3.75. The number of aromatic nitrogens is 2. The molecule has 0 N–H and O–H groups in total. The van der Waals surface area contributed by atoms with E-state index in [0.717, 1.165) is 15.0 Å². The maximum absolute atomic E-state index is 13.2. The van der Waals surface area contributed by atoms with Crippen LogP contribution in [0.25, 0.3) is 10.9 Å². The molecule has 22 heavy (non-hydrogen) atoms. The zero-order valence-corrected chi connectivity index (χ0v) is 15.2. The maximum Gasteiger partial charge on any atom is 0.264 e. The monoisotopic (exact) mass is 400 g/mol. The average Bonchev–Trinajstić information content (AvgIpc) is 2.89. The minimum Gasteiger partial charge on any atom is -0.204 e. The molecule has 0 saturated carbocycles. The summed E-state index contributed by atoms with van der Waals surface area (Å²) in [5.74, 6) is 0. The Morgan fingerprint density at radius 2 is 2.05 bits per heavy atom. The topological polar surface area (TPSA) is 52.0 Å². The zero-order valence-electron chi connectivity index (χ0n) is 12.0. The highest BCUT2D eigenvalue weighted by atomic mass is 79.9. The summed E-state index contributed by atoms with van der Waals surface area (Å²) in [4.78, 5) is 0. The molecular weight excluding hydrogens is 388 g/mol. The molecule has 4 nitrogen and oxygen atoms in total. The number of rotatable bonds is 2. The lowest BCUT2D eigenvalue weighted by Gasteiger charge is -2.32. The molecular formula is C15H14BrClN2O2S. The Labute approximate surface area is 142 Å². The fraction of sp³-hybridized carbons (Fsp3) is 0.267. The molecule has 1 atom stereocenters. The Morgan fingerprint density at radius 3 is 2.77 bits per heavy atom. The molecule has 0 aliphatic heterocycles. The van der Waals surface area contributed by atoms with Crippen LogP contribution in [0, 0.1) is 0 Å². The Morgan fingerprint density at radius 1 is 1.36 bits per heavy atom. The molecule has 1 heterocycles. The van der Waals surface area contributed by atoms with Crippen molar-refractivity contribution in [3.05, 3.63) is 51.6 Å². The van der Waals surface area contributed by atoms with Gasteiger partial charge in [0, 0.05) is 14.9 Å². The van der Waals surface area contributed by atoms with Gasteiger partial charge in [0.25, 0.3) is 10.0 Å². The summed E-state index contributed by atoms with van der Waals surface area (Å²) in [5, 5.41) is 5.46. The van der Waals surface area contributed by atoms with Crippen molar-refractivity contribution in [2.24, 2.45) is 0 Å². The largest absolute Gasteiger partial charge is 0.264 e. The molecule has 1 aromatic carbocycles. The molecule has 0 amide bonds. The number of hydrogen-bond acceptors (Lipinski definition) is 3. The summed E-state index contributed by atoms with van der Waals surface area (Å²) in [6.07, 6.45) is 3.54. The van der Waals surface area contributed by atoms with Gasteiger partial charge in [0.15, 0.2) is 0 Å². The first-order chi connectivity index (χ1) is 10.3. The van der Waals surface area contributed by atoms with Gasteiger partial charge in [-0.25, -0.2) is 8.42 Å². The van der Waals surface area contributed by atoms with Gasteiger partial charge >= 0.3 is 0 Å². The lowest BCUT2D eigenvalue weighted by Crippen LogP contribution is -2.41. The second-order valence-corrected chi connectivity index (χ2v) is 9.04. The number of nitrogens with zero attached hydrogens (tertiary/aromatic N) is 2. The summed E-state index contributed by atoms with van der Waals surface area (Å²) in [6.45, 7) is 3.53. The normalized spacial score (nSPS) is 23.0. The van der Waals surface area contributed by atoms with Gasteiger partial charge < -0.3 is 0 Å². The van der Waals surface area contributed by atoms with E-state index in [1.165, 1.54) is 0 Å². The first kappa shape index (κ1) is 15.8. The van der Waals surface area contributed by atoms with Gasteiger partial charge in [-0.2, -0.15) is 9.19 Å². The molecule has 2 aromatic rings. The average molecular weight is 402 g/mol. The van der Waals surface area contributed by atoms with E-state index in [1.54, 1.807) is 31.3 Å².